The Hall–Kier alpha value is -1.08. The SMILES string of the molecule is CC(CCc1cc[nH+]cc1)c1cc[nH+]cc1.CN1[C]N(CCCS(=O)(=O)[O-])C=C1.CN1[C]N(CCCS(=O)(=O)[O-])C=C1.[I][Pd][I]. The van der Waals surface area contributed by atoms with Crippen molar-refractivity contribution in [1.29, 1.82) is 0 Å². The number of hydrogen-bond donors (Lipinski definition) is 0. The normalized spacial score (nSPS) is 14.7. The number of halogens is 2. The van der Waals surface area contributed by atoms with Crippen molar-refractivity contribution in [1.82, 2.24) is 19.6 Å². The molecule has 0 saturated carbocycles. The number of nitrogens with one attached hydrogen (secondary N) is 2. The number of rotatable bonds is 12. The van der Waals surface area contributed by atoms with Crippen molar-refractivity contribution in [2.24, 2.45) is 0 Å². The van der Waals surface area contributed by atoms with Crippen LogP contribution in [-0.4, -0.2) is 84.2 Å². The molecule has 2 aliphatic heterocycles. The molecule has 12 nitrogen and oxygen atoms in total. The average Bonchev–Trinajstić information content (AvgIpc) is 3.59. The fourth-order valence-corrected chi connectivity index (χ4v) is 4.80. The zero-order valence-electron chi connectivity index (χ0n) is 25.3. The van der Waals surface area contributed by atoms with E-state index >= 15 is 0 Å². The van der Waals surface area contributed by atoms with E-state index in [0.29, 0.717) is 31.8 Å². The summed E-state index contributed by atoms with van der Waals surface area (Å²) in [6.07, 6.45) is 18.1. The molecule has 2 N–H and O–H groups in total. The summed E-state index contributed by atoms with van der Waals surface area (Å²) in [6, 6.07) is 8.60. The van der Waals surface area contributed by atoms with Crippen LogP contribution in [0.1, 0.15) is 43.2 Å². The molecule has 4 rings (SSSR count). The van der Waals surface area contributed by atoms with E-state index in [2.05, 4.69) is 93.5 Å². The topological polar surface area (TPSA) is 156 Å². The van der Waals surface area contributed by atoms with Crippen LogP contribution in [0, 0.1) is 13.3 Å². The van der Waals surface area contributed by atoms with Crippen LogP contribution in [0.25, 0.3) is 0 Å². The summed E-state index contributed by atoms with van der Waals surface area (Å²) in [6.45, 7) is 9.08. The number of hydrogen-bond acceptors (Lipinski definition) is 10. The molecule has 45 heavy (non-hydrogen) atoms. The monoisotopic (exact) mass is 980 g/mol. The average molecular weight is 981 g/mol. The molecule has 2 aliphatic rings. The molecule has 17 heteroatoms. The minimum atomic E-state index is -4.07. The Kier molecular flexibility index (Phi) is 21.7. The third kappa shape index (κ3) is 23.0. The quantitative estimate of drug-likeness (QED) is 0.176. The van der Waals surface area contributed by atoms with E-state index in [0.717, 1.165) is 17.2 Å². The van der Waals surface area contributed by atoms with Crippen LogP contribution in [0.4, 0.5) is 0 Å². The van der Waals surface area contributed by atoms with E-state index in [1.165, 1.54) is 17.5 Å². The Morgan fingerprint density at radius 2 is 1.18 bits per heavy atom. The summed E-state index contributed by atoms with van der Waals surface area (Å²) in [5.41, 5.74) is 2.80. The van der Waals surface area contributed by atoms with Gasteiger partial charge in [0.1, 0.15) is 0 Å². The molecule has 1 unspecified atom stereocenters. The van der Waals surface area contributed by atoms with Crippen LogP contribution in [0.5, 0.6) is 0 Å². The second-order valence-corrected chi connectivity index (χ2v) is 24.9. The molecule has 0 bridgehead atoms. The van der Waals surface area contributed by atoms with E-state index < -0.39 is 20.2 Å². The number of pyridine rings is 2. The molecule has 0 fully saturated rings. The second-order valence-electron chi connectivity index (χ2n) is 9.86. The predicted octanol–water partition coefficient (Wildman–Crippen LogP) is 3.09. The van der Waals surface area contributed by atoms with Crippen molar-refractivity contribution < 1.29 is 46.7 Å². The van der Waals surface area contributed by atoms with Crippen LogP contribution < -0.4 is 9.97 Å². The molecule has 4 heterocycles. The Morgan fingerprint density at radius 3 is 1.53 bits per heavy atom. The van der Waals surface area contributed by atoms with Crippen molar-refractivity contribution >= 4 is 59.3 Å². The van der Waals surface area contributed by atoms with E-state index in [9.17, 15) is 25.9 Å². The van der Waals surface area contributed by atoms with Crippen LogP contribution >= 0.6 is 39.0 Å². The predicted molar refractivity (Wildman–Crippen MR) is 183 cm³/mol. The number of aromatic amines is 2. The van der Waals surface area contributed by atoms with Gasteiger partial charge in [0.2, 0.25) is 13.3 Å². The minimum absolute atomic E-state index is 0.317. The second kappa shape index (κ2) is 23.3. The van der Waals surface area contributed by atoms with Gasteiger partial charge in [0.05, 0.1) is 20.2 Å². The van der Waals surface area contributed by atoms with Crippen molar-refractivity contribution in [2.75, 3.05) is 38.7 Å². The Balaban J connectivity index is 0.000000325. The standard InChI is InChI=1S/C14H16N2.2C7H12N2O3S.2HI.Pd/c1-12(14-6-10-16-11-7-14)2-3-13-4-8-15-9-5-13;2*1-8-4-5-9(7-8)3-2-6-13(10,11)12;;;/h4-12H,2-3H2,1H3;2*4-5H,2-3,6H2,1H3,(H,10,11,12);2*1H;/q;;;;;+2/p-2. The fourth-order valence-electron chi connectivity index (χ4n) is 3.84. The molecule has 4 radical (unpaired) electrons. The molecule has 0 spiro atoms. The van der Waals surface area contributed by atoms with Gasteiger partial charge >= 0.3 is 49.8 Å². The number of H-pyrrole nitrogens is 2. The third-order valence-electron chi connectivity index (χ3n) is 6.07. The molecule has 0 aliphatic carbocycles. The third-order valence-corrected chi connectivity index (χ3v) is 7.64. The molecular weight excluding hydrogens is 941 g/mol. The van der Waals surface area contributed by atoms with Gasteiger partial charge in [0.15, 0.2) is 24.8 Å². The zero-order chi connectivity index (χ0) is 33.7. The summed E-state index contributed by atoms with van der Waals surface area (Å²) in [5.74, 6) is -0.0235. The van der Waals surface area contributed by atoms with E-state index in [-0.39, 0.29) is 11.5 Å². The van der Waals surface area contributed by atoms with Gasteiger partial charge in [-0.15, -0.1) is 0 Å². The van der Waals surface area contributed by atoms with Gasteiger partial charge in [-0.3, -0.25) is 0 Å². The molecular formula is C28H40I2N6O6PdS2. The summed E-state index contributed by atoms with van der Waals surface area (Å²) in [4.78, 5) is 13.0. The summed E-state index contributed by atoms with van der Waals surface area (Å²) in [7, 11) is -3.61. The summed E-state index contributed by atoms with van der Waals surface area (Å²) >= 11 is 4.65. The van der Waals surface area contributed by atoms with Crippen molar-refractivity contribution in [3.63, 3.8) is 0 Å². The van der Waals surface area contributed by atoms with E-state index in [1.54, 1.807) is 44.4 Å². The maximum atomic E-state index is 10.2. The molecule has 0 saturated heterocycles. The number of aryl methyl sites for hydroxylation is 1. The van der Waals surface area contributed by atoms with Gasteiger partial charge in [0.25, 0.3) is 0 Å². The van der Waals surface area contributed by atoms with Crippen molar-refractivity contribution in [3.8, 4) is 0 Å². The Bertz CT molecular complexity index is 1290. The molecule has 0 amide bonds. The molecule has 2 aromatic rings. The zero-order valence-corrected chi connectivity index (χ0v) is 32.8. The molecule has 2 aromatic heterocycles. The van der Waals surface area contributed by atoms with E-state index in [4.69, 9.17) is 0 Å². The first-order chi connectivity index (χ1) is 21.2. The molecule has 0 aromatic carbocycles. The van der Waals surface area contributed by atoms with Gasteiger partial charge in [-0.05, 0) is 42.7 Å². The first kappa shape index (κ1) is 41.9. The van der Waals surface area contributed by atoms with Crippen molar-refractivity contribution in [2.45, 2.75) is 38.5 Å². The Morgan fingerprint density at radius 1 is 0.778 bits per heavy atom. The molecule has 1 atom stereocenters. The van der Waals surface area contributed by atoms with Crippen LogP contribution in [-0.2, 0) is 37.4 Å². The van der Waals surface area contributed by atoms with Crippen LogP contribution in [0.3, 0.4) is 0 Å². The fraction of sp³-hybridized carbons (Fsp3) is 0.429. The van der Waals surface area contributed by atoms with Crippen LogP contribution in [0.2, 0.25) is 0 Å². The van der Waals surface area contributed by atoms with E-state index in [1.807, 2.05) is 38.9 Å². The Labute approximate surface area is 298 Å². The van der Waals surface area contributed by atoms with Crippen molar-refractivity contribution in [3.05, 3.63) is 98.3 Å². The first-order valence-corrected chi connectivity index (χ1v) is 26.1. The van der Waals surface area contributed by atoms with Gasteiger partial charge in [-0.1, -0.05) is 6.92 Å². The van der Waals surface area contributed by atoms with Gasteiger partial charge in [0, 0.05) is 87.8 Å². The number of aromatic nitrogens is 2. The van der Waals surface area contributed by atoms with Crippen LogP contribution in [0.15, 0.2) is 73.9 Å². The summed E-state index contributed by atoms with van der Waals surface area (Å²) in [5, 5.41) is 0. The van der Waals surface area contributed by atoms with Gasteiger partial charge < -0.3 is 28.7 Å². The maximum absolute atomic E-state index is 10.2. The molecule has 254 valence electrons. The van der Waals surface area contributed by atoms with Gasteiger partial charge in [-0.2, -0.15) is 0 Å². The summed E-state index contributed by atoms with van der Waals surface area (Å²) < 4.78 is 61.5. The van der Waals surface area contributed by atoms with Gasteiger partial charge in [-0.25, -0.2) is 26.8 Å². The number of nitrogens with zero attached hydrogens (tertiary/aromatic N) is 4. The first-order valence-electron chi connectivity index (χ1n) is 13.7.